The summed E-state index contributed by atoms with van der Waals surface area (Å²) in [6.07, 6.45) is 3.09. The molecule has 2 N–H and O–H groups in total. The van der Waals surface area contributed by atoms with Crippen LogP contribution in [0.4, 0.5) is 14.5 Å². The van der Waals surface area contributed by atoms with E-state index in [4.69, 9.17) is 4.74 Å². The molecule has 1 fully saturated rings. The number of amides is 1. The van der Waals surface area contributed by atoms with Crippen molar-refractivity contribution in [3.05, 3.63) is 106 Å². The first-order valence-corrected chi connectivity index (χ1v) is 12.7. The molecule has 1 aliphatic heterocycles. The molecule has 2 aromatic carbocycles. The summed E-state index contributed by atoms with van der Waals surface area (Å²) < 4.78 is 36.5. The van der Waals surface area contributed by atoms with Crippen LogP contribution >= 0.6 is 0 Å². The van der Waals surface area contributed by atoms with Gasteiger partial charge in [0, 0.05) is 42.8 Å². The number of morpholine rings is 1. The van der Waals surface area contributed by atoms with Crippen molar-refractivity contribution in [2.45, 2.75) is 19.0 Å². The Bertz CT molecular complexity index is 1610. The van der Waals surface area contributed by atoms with E-state index in [2.05, 4.69) is 10.3 Å². The highest BCUT2D eigenvalue weighted by Crippen LogP contribution is 2.23. The minimum Gasteiger partial charge on any atom is -0.480 e. The monoisotopic (exact) mass is 548 g/mol. The Hall–Kier alpha value is -4.64. The SMILES string of the molecule is O=C(NC(Cc1cccc(Cn2c(=O)ccc3ccncc32)c1)C(=O)O)c1c(F)cc(N2CCOCC2)cc1F. The number of aliphatic carboxylic acids is 1. The Morgan fingerprint density at radius 2 is 1.75 bits per heavy atom. The van der Waals surface area contributed by atoms with Crippen LogP contribution in [0.15, 0.2) is 71.8 Å². The lowest BCUT2D eigenvalue weighted by molar-refractivity contribution is -0.139. The second kappa shape index (κ2) is 11.6. The van der Waals surface area contributed by atoms with Crippen LogP contribution < -0.4 is 15.8 Å². The normalized spacial score (nSPS) is 14.2. The van der Waals surface area contributed by atoms with Crippen molar-refractivity contribution in [2.75, 3.05) is 31.2 Å². The number of halogens is 2. The van der Waals surface area contributed by atoms with Crippen molar-refractivity contribution < 1.29 is 28.2 Å². The maximum absolute atomic E-state index is 14.9. The Morgan fingerprint density at radius 1 is 1.02 bits per heavy atom. The second-order valence-electron chi connectivity index (χ2n) is 9.46. The average Bonchev–Trinajstić information content (AvgIpc) is 2.94. The van der Waals surface area contributed by atoms with Crippen LogP contribution in [0.25, 0.3) is 10.9 Å². The highest BCUT2D eigenvalue weighted by atomic mass is 19.1. The number of rotatable bonds is 8. The first kappa shape index (κ1) is 26.9. The average molecular weight is 549 g/mol. The smallest absolute Gasteiger partial charge is 0.326 e. The van der Waals surface area contributed by atoms with E-state index in [1.54, 1.807) is 58.3 Å². The van der Waals surface area contributed by atoms with Gasteiger partial charge in [-0.3, -0.25) is 14.6 Å². The van der Waals surface area contributed by atoms with Crippen molar-refractivity contribution in [3.8, 4) is 0 Å². The summed E-state index contributed by atoms with van der Waals surface area (Å²) in [7, 11) is 0. The fraction of sp³-hybridized carbons (Fsp3) is 0.241. The van der Waals surface area contributed by atoms with Crippen LogP contribution in [0.3, 0.4) is 0 Å². The number of hydrogen-bond acceptors (Lipinski definition) is 6. The molecule has 3 heterocycles. The standard InChI is InChI=1S/C29H26F2N4O5/c30-22-14-21(34-8-10-40-11-9-34)15-23(31)27(22)28(37)33-24(29(38)39)13-18-2-1-3-19(12-18)17-35-25-16-32-7-6-20(25)4-5-26(35)36/h1-7,12,14-16,24H,8-11,13,17H2,(H,33,37)(H,38,39). The summed E-state index contributed by atoms with van der Waals surface area (Å²) >= 11 is 0. The lowest BCUT2D eigenvalue weighted by Gasteiger charge is -2.29. The molecule has 0 aliphatic carbocycles. The number of hydrogen-bond donors (Lipinski definition) is 2. The van der Waals surface area contributed by atoms with Crippen LogP contribution in [0.2, 0.25) is 0 Å². The van der Waals surface area contributed by atoms with Gasteiger partial charge in [0.1, 0.15) is 23.2 Å². The second-order valence-corrected chi connectivity index (χ2v) is 9.46. The molecule has 0 radical (unpaired) electrons. The summed E-state index contributed by atoms with van der Waals surface area (Å²) in [6, 6.07) is 12.6. The third kappa shape index (κ3) is 5.84. The number of pyridine rings is 2. The molecule has 1 unspecified atom stereocenters. The molecule has 0 spiro atoms. The number of carboxylic acid groups (broad SMARTS) is 1. The van der Waals surface area contributed by atoms with Gasteiger partial charge >= 0.3 is 5.97 Å². The predicted octanol–water partition coefficient (Wildman–Crippen LogP) is 2.99. The maximum atomic E-state index is 14.9. The number of aromatic nitrogens is 2. The van der Waals surface area contributed by atoms with E-state index in [1.807, 2.05) is 0 Å². The maximum Gasteiger partial charge on any atom is 0.326 e. The Morgan fingerprint density at radius 3 is 2.48 bits per heavy atom. The number of fused-ring (bicyclic) bond motifs is 1. The molecule has 9 nitrogen and oxygen atoms in total. The largest absolute Gasteiger partial charge is 0.480 e. The van der Waals surface area contributed by atoms with Gasteiger partial charge in [0.2, 0.25) is 0 Å². The van der Waals surface area contributed by atoms with Crippen LogP contribution in [0, 0.1) is 11.6 Å². The lowest BCUT2D eigenvalue weighted by atomic mass is 10.0. The minimum atomic E-state index is -1.45. The van der Waals surface area contributed by atoms with E-state index >= 15 is 0 Å². The number of ether oxygens (including phenoxy) is 1. The zero-order chi connectivity index (χ0) is 28.2. The van der Waals surface area contributed by atoms with Crippen LogP contribution in [0.5, 0.6) is 0 Å². The summed E-state index contributed by atoms with van der Waals surface area (Å²) in [4.78, 5) is 43.2. The highest BCUT2D eigenvalue weighted by molar-refractivity contribution is 5.97. The number of benzene rings is 2. The van der Waals surface area contributed by atoms with E-state index < -0.39 is 35.1 Å². The summed E-state index contributed by atoms with van der Waals surface area (Å²) in [5, 5.41) is 12.9. The molecular weight excluding hydrogens is 522 g/mol. The van der Waals surface area contributed by atoms with Crippen LogP contribution in [-0.2, 0) is 22.5 Å². The first-order valence-electron chi connectivity index (χ1n) is 12.7. The molecular formula is C29H26F2N4O5. The molecule has 2 aromatic heterocycles. The van der Waals surface area contributed by atoms with Gasteiger partial charge in [-0.2, -0.15) is 0 Å². The molecule has 0 bridgehead atoms. The van der Waals surface area contributed by atoms with Crippen LogP contribution in [0.1, 0.15) is 21.5 Å². The molecule has 11 heteroatoms. The van der Waals surface area contributed by atoms with Gasteiger partial charge in [-0.1, -0.05) is 24.3 Å². The van der Waals surface area contributed by atoms with Gasteiger partial charge in [0.05, 0.1) is 31.5 Å². The predicted molar refractivity (Wildman–Crippen MR) is 144 cm³/mol. The number of anilines is 1. The Balaban J connectivity index is 1.33. The van der Waals surface area contributed by atoms with Crippen molar-refractivity contribution in [1.29, 1.82) is 0 Å². The van der Waals surface area contributed by atoms with Gasteiger partial charge in [-0.15, -0.1) is 0 Å². The molecule has 40 heavy (non-hydrogen) atoms. The summed E-state index contributed by atoms with van der Waals surface area (Å²) in [5.74, 6) is -4.69. The molecule has 5 rings (SSSR count). The Labute approximate surface area is 227 Å². The highest BCUT2D eigenvalue weighted by Gasteiger charge is 2.26. The molecule has 1 saturated heterocycles. The van der Waals surface area contributed by atoms with Crippen molar-refractivity contribution in [1.82, 2.24) is 14.9 Å². The van der Waals surface area contributed by atoms with E-state index in [9.17, 15) is 28.3 Å². The third-order valence-electron chi connectivity index (χ3n) is 6.80. The zero-order valence-electron chi connectivity index (χ0n) is 21.3. The van der Waals surface area contributed by atoms with Crippen molar-refractivity contribution in [3.63, 3.8) is 0 Å². The van der Waals surface area contributed by atoms with Gasteiger partial charge in [-0.05, 0) is 35.4 Å². The number of nitrogens with one attached hydrogen (secondary N) is 1. The molecule has 1 amide bonds. The van der Waals surface area contributed by atoms with E-state index in [0.717, 1.165) is 23.1 Å². The molecule has 4 aromatic rings. The fourth-order valence-electron chi connectivity index (χ4n) is 4.78. The lowest BCUT2D eigenvalue weighted by Crippen LogP contribution is -2.43. The molecule has 206 valence electrons. The van der Waals surface area contributed by atoms with Gasteiger partial charge in [0.25, 0.3) is 11.5 Å². The van der Waals surface area contributed by atoms with Gasteiger partial charge in [-0.25, -0.2) is 13.6 Å². The van der Waals surface area contributed by atoms with Crippen molar-refractivity contribution >= 4 is 28.5 Å². The van der Waals surface area contributed by atoms with Gasteiger partial charge < -0.3 is 24.6 Å². The summed E-state index contributed by atoms with van der Waals surface area (Å²) in [5.41, 5.74) is 1.15. The third-order valence-corrected chi connectivity index (χ3v) is 6.80. The van der Waals surface area contributed by atoms with Crippen LogP contribution in [-0.4, -0.2) is 58.9 Å². The van der Waals surface area contributed by atoms with Crippen molar-refractivity contribution in [2.24, 2.45) is 0 Å². The molecule has 1 atom stereocenters. The van der Waals surface area contributed by atoms with E-state index in [1.165, 1.54) is 6.07 Å². The molecule has 1 aliphatic rings. The number of carbonyl (C=O) groups excluding carboxylic acids is 1. The quantitative estimate of drug-likeness (QED) is 0.348. The molecule has 0 saturated carbocycles. The van der Waals surface area contributed by atoms with E-state index in [0.29, 0.717) is 37.4 Å². The van der Waals surface area contributed by atoms with E-state index in [-0.39, 0.29) is 24.2 Å². The minimum absolute atomic E-state index is 0.143. The Kier molecular flexibility index (Phi) is 7.83. The zero-order valence-corrected chi connectivity index (χ0v) is 21.3. The number of carbonyl (C=O) groups is 2. The first-order chi connectivity index (χ1) is 19.3. The van der Waals surface area contributed by atoms with Gasteiger partial charge in [0.15, 0.2) is 0 Å². The number of nitrogens with zero attached hydrogens (tertiary/aromatic N) is 3. The fourth-order valence-corrected chi connectivity index (χ4v) is 4.78. The topological polar surface area (TPSA) is 114 Å². The summed E-state index contributed by atoms with van der Waals surface area (Å²) in [6.45, 7) is 1.96. The number of carboxylic acids is 1.